The van der Waals surface area contributed by atoms with E-state index >= 15 is 0 Å². The van der Waals surface area contributed by atoms with Crippen LogP contribution in [0.15, 0.2) is 24.3 Å². The number of phenolic OH excluding ortho intramolecular Hbond substituents is 1. The highest BCUT2D eigenvalue weighted by Crippen LogP contribution is 2.38. The summed E-state index contributed by atoms with van der Waals surface area (Å²) in [6, 6.07) is 6.65. The van der Waals surface area contributed by atoms with E-state index in [1.54, 1.807) is 18.2 Å². The second kappa shape index (κ2) is 5.11. The number of likely N-dealkylation sites (tertiary alicyclic amines) is 1. The number of carbonyl (C=O) groups is 1. The van der Waals surface area contributed by atoms with Gasteiger partial charge < -0.3 is 10.0 Å². The molecule has 0 saturated carbocycles. The molecule has 3 nitrogen and oxygen atoms in total. The molecule has 3 heteroatoms. The zero-order valence-corrected chi connectivity index (χ0v) is 10.6. The maximum atomic E-state index is 12.7. The molecule has 0 aliphatic carbocycles. The van der Waals surface area contributed by atoms with E-state index in [1.807, 2.05) is 13.1 Å². The lowest BCUT2D eigenvalue weighted by atomic mass is 9.69. The molecule has 18 heavy (non-hydrogen) atoms. The van der Waals surface area contributed by atoms with Gasteiger partial charge in [0.15, 0.2) is 0 Å². The van der Waals surface area contributed by atoms with Crippen molar-refractivity contribution in [2.75, 3.05) is 20.1 Å². The maximum Gasteiger partial charge on any atom is 0.143 e. The van der Waals surface area contributed by atoms with Crippen LogP contribution in [0.3, 0.4) is 0 Å². The molecule has 0 unspecified atom stereocenters. The fraction of sp³-hybridized carbons (Fsp3) is 0.533. The number of benzene rings is 1. The van der Waals surface area contributed by atoms with E-state index in [4.69, 9.17) is 4.11 Å². The van der Waals surface area contributed by atoms with Crippen molar-refractivity contribution in [3.63, 3.8) is 0 Å². The molecular formula is C15H21NO2. The lowest BCUT2D eigenvalue weighted by molar-refractivity contribution is -0.126. The average Bonchev–Trinajstić information content (AvgIpc) is 2.37. The van der Waals surface area contributed by atoms with Crippen LogP contribution in [0.25, 0.3) is 0 Å². The average molecular weight is 250 g/mol. The van der Waals surface area contributed by atoms with Gasteiger partial charge in [-0.15, -0.1) is 0 Å². The summed E-state index contributed by atoms with van der Waals surface area (Å²) in [6.45, 7) is -0.783. The summed E-state index contributed by atoms with van der Waals surface area (Å²) in [7, 11) is 1.99. The first kappa shape index (κ1) is 9.56. The van der Waals surface area contributed by atoms with Crippen molar-refractivity contribution in [3.8, 4) is 5.75 Å². The fourth-order valence-electron chi connectivity index (χ4n) is 2.70. The van der Waals surface area contributed by atoms with E-state index in [1.165, 1.54) is 0 Å². The minimum atomic E-state index is -2.26. The Kier molecular flexibility index (Phi) is 2.71. The third-order valence-corrected chi connectivity index (χ3v) is 3.93. The highest BCUT2D eigenvalue weighted by molar-refractivity contribution is 5.90. The SMILES string of the molecule is [2H]C([2H])([2H])CC(=O)C1(c2cccc(O)c2)CCN(C)CC1. The van der Waals surface area contributed by atoms with Crippen LogP contribution in [-0.4, -0.2) is 35.9 Å². The highest BCUT2D eigenvalue weighted by atomic mass is 16.3. The van der Waals surface area contributed by atoms with Crippen LogP contribution in [0.4, 0.5) is 0 Å². The molecule has 0 amide bonds. The van der Waals surface area contributed by atoms with Gasteiger partial charge in [0.1, 0.15) is 11.5 Å². The third-order valence-electron chi connectivity index (χ3n) is 3.93. The van der Waals surface area contributed by atoms with Gasteiger partial charge in [-0.25, -0.2) is 0 Å². The van der Waals surface area contributed by atoms with Gasteiger partial charge in [0.25, 0.3) is 0 Å². The van der Waals surface area contributed by atoms with Gasteiger partial charge in [-0.1, -0.05) is 19.0 Å². The van der Waals surface area contributed by atoms with Crippen LogP contribution in [-0.2, 0) is 10.2 Å². The standard InChI is InChI=1S/C15H21NO2/c1-3-14(18)15(7-9-16(2)10-8-15)12-5-4-6-13(17)11-12/h4-6,11,17H,3,7-10H2,1-2H3/i1D3. The summed E-state index contributed by atoms with van der Waals surface area (Å²) < 4.78 is 22.1. The van der Waals surface area contributed by atoms with E-state index < -0.39 is 18.7 Å². The smallest absolute Gasteiger partial charge is 0.143 e. The predicted molar refractivity (Wildman–Crippen MR) is 71.8 cm³/mol. The van der Waals surface area contributed by atoms with Crippen molar-refractivity contribution < 1.29 is 14.0 Å². The Morgan fingerprint density at radius 2 is 2.22 bits per heavy atom. The van der Waals surface area contributed by atoms with E-state index in [0.29, 0.717) is 12.8 Å². The first-order valence-corrected chi connectivity index (χ1v) is 6.24. The molecule has 0 aromatic heterocycles. The summed E-state index contributed by atoms with van der Waals surface area (Å²) in [5.41, 5.74) is -0.0653. The van der Waals surface area contributed by atoms with Crippen molar-refractivity contribution in [1.82, 2.24) is 4.90 Å². The van der Waals surface area contributed by atoms with Crippen LogP contribution in [0.5, 0.6) is 5.75 Å². The Hall–Kier alpha value is -1.35. The number of phenols is 1. The number of ketones is 1. The molecule has 0 spiro atoms. The Morgan fingerprint density at radius 3 is 2.83 bits per heavy atom. The Balaban J connectivity index is 2.38. The Bertz CT molecular complexity index is 520. The van der Waals surface area contributed by atoms with E-state index in [2.05, 4.69) is 4.90 Å². The lowest BCUT2D eigenvalue weighted by Gasteiger charge is -2.40. The topological polar surface area (TPSA) is 40.5 Å². The minimum Gasteiger partial charge on any atom is -0.508 e. The van der Waals surface area contributed by atoms with Crippen LogP contribution in [0.2, 0.25) is 0 Å². The quantitative estimate of drug-likeness (QED) is 0.895. The predicted octanol–water partition coefficient (Wildman–Crippen LogP) is 2.33. The Morgan fingerprint density at radius 1 is 1.50 bits per heavy atom. The molecule has 1 aliphatic heterocycles. The maximum absolute atomic E-state index is 12.7. The molecule has 1 aromatic rings. The van der Waals surface area contributed by atoms with Crippen molar-refractivity contribution in [3.05, 3.63) is 29.8 Å². The zero-order chi connectivity index (χ0) is 15.7. The van der Waals surface area contributed by atoms with E-state index in [9.17, 15) is 9.90 Å². The molecule has 0 radical (unpaired) electrons. The molecule has 2 rings (SSSR count). The monoisotopic (exact) mass is 250 g/mol. The number of carbonyl (C=O) groups excluding carboxylic acids is 1. The minimum absolute atomic E-state index is 0.104. The second-order valence-corrected chi connectivity index (χ2v) is 5.04. The molecule has 1 N–H and O–H groups in total. The number of hydrogen-bond donors (Lipinski definition) is 1. The lowest BCUT2D eigenvalue weighted by Crippen LogP contribution is -2.45. The van der Waals surface area contributed by atoms with Crippen molar-refractivity contribution >= 4 is 5.78 Å². The van der Waals surface area contributed by atoms with Crippen molar-refractivity contribution in [1.29, 1.82) is 0 Å². The van der Waals surface area contributed by atoms with Gasteiger partial charge in [0, 0.05) is 10.5 Å². The summed E-state index contributed by atoms with van der Waals surface area (Å²) in [6.07, 6.45) is 0.746. The molecular weight excluding hydrogens is 226 g/mol. The van der Waals surface area contributed by atoms with E-state index in [-0.39, 0.29) is 11.5 Å². The second-order valence-electron chi connectivity index (χ2n) is 5.04. The number of hydrogen-bond acceptors (Lipinski definition) is 3. The zero-order valence-electron chi connectivity index (χ0n) is 13.6. The fourth-order valence-corrected chi connectivity index (χ4v) is 2.70. The van der Waals surface area contributed by atoms with Crippen molar-refractivity contribution in [2.24, 2.45) is 0 Å². The molecule has 1 aliphatic rings. The molecule has 0 atom stereocenters. The van der Waals surface area contributed by atoms with Gasteiger partial charge in [0.05, 0.1) is 5.41 Å². The molecule has 98 valence electrons. The number of aromatic hydroxyl groups is 1. The van der Waals surface area contributed by atoms with Crippen molar-refractivity contribution in [2.45, 2.75) is 31.5 Å². The normalized spacial score (nSPS) is 22.8. The molecule has 0 bridgehead atoms. The number of Topliss-reactive ketones (excluding diaryl/α,β-unsaturated/α-hetero) is 1. The number of piperidine rings is 1. The largest absolute Gasteiger partial charge is 0.508 e. The van der Waals surface area contributed by atoms with Crippen LogP contribution < -0.4 is 0 Å². The van der Waals surface area contributed by atoms with Crippen LogP contribution in [0, 0.1) is 0 Å². The Labute approximate surface area is 113 Å². The number of rotatable bonds is 3. The van der Waals surface area contributed by atoms with Crippen LogP contribution >= 0.6 is 0 Å². The third kappa shape index (κ3) is 2.27. The molecule has 1 heterocycles. The van der Waals surface area contributed by atoms with Crippen LogP contribution in [0.1, 0.15) is 35.8 Å². The summed E-state index contributed by atoms with van der Waals surface area (Å²) >= 11 is 0. The number of nitrogens with zero attached hydrogens (tertiary/aromatic N) is 1. The first-order chi connectivity index (χ1) is 9.73. The van der Waals surface area contributed by atoms with Gasteiger partial charge in [0.2, 0.25) is 0 Å². The van der Waals surface area contributed by atoms with Gasteiger partial charge in [-0.2, -0.15) is 0 Å². The van der Waals surface area contributed by atoms with Gasteiger partial charge in [-0.05, 0) is 50.7 Å². The summed E-state index contributed by atoms with van der Waals surface area (Å²) in [5, 5.41) is 9.69. The highest BCUT2D eigenvalue weighted by Gasteiger charge is 2.40. The molecule has 1 saturated heterocycles. The van der Waals surface area contributed by atoms with Gasteiger partial charge >= 0.3 is 0 Å². The van der Waals surface area contributed by atoms with Gasteiger partial charge in [-0.3, -0.25) is 4.79 Å². The first-order valence-electron chi connectivity index (χ1n) is 7.74. The molecule has 1 fully saturated rings. The molecule has 1 aromatic carbocycles. The van der Waals surface area contributed by atoms with E-state index in [0.717, 1.165) is 18.7 Å². The summed E-state index contributed by atoms with van der Waals surface area (Å²) in [5.74, 6) is -0.145. The summed E-state index contributed by atoms with van der Waals surface area (Å²) in [4.78, 5) is 14.8.